The number of nitrogens with one attached hydrogen (secondary N) is 1. The molecule has 1 saturated heterocycles. The van der Waals surface area contributed by atoms with Gasteiger partial charge in [-0.25, -0.2) is 9.78 Å². The molecule has 1 atom stereocenters. The first-order valence-corrected chi connectivity index (χ1v) is 7.79. The van der Waals surface area contributed by atoms with Gasteiger partial charge in [0.25, 0.3) is 5.91 Å². The highest BCUT2D eigenvalue weighted by atomic mass is 16.5. The van der Waals surface area contributed by atoms with Gasteiger partial charge in [0.15, 0.2) is 12.2 Å². The Morgan fingerprint density at radius 1 is 1.38 bits per heavy atom. The predicted octanol–water partition coefficient (Wildman–Crippen LogP) is 1.68. The van der Waals surface area contributed by atoms with Crippen molar-refractivity contribution in [2.75, 3.05) is 19.8 Å². The number of oxazole rings is 1. The van der Waals surface area contributed by atoms with Crippen LogP contribution in [-0.4, -0.2) is 42.7 Å². The Hall–Kier alpha value is -2.67. The Balaban J connectivity index is 1.42. The van der Waals surface area contributed by atoms with Crippen LogP contribution in [0.2, 0.25) is 0 Å². The molecule has 2 heterocycles. The molecule has 2 aromatic rings. The van der Waals surface area contributed by atoms with Crippen molar-refractivity contribution in [3.8, 4) is 0 Å². The van der Waals surface area contributed by atoms with Crippen LogP contribution in [0.3, 0.4) is 0 Å². The maximum absolute atomic E-state index is 11.6. The standard InChI is InChI=1S/C17H18N2O5/c20-15(18-10-12-4-3-9-22-12)11-23-17(21)8-7-16-19-13-5-1-2-6-14(13)24-16/h1-2,5-8,12H,3-4,9-11H2,(H,18,20)/b8-7+/t12-/m1/s1. The third-order valence-corrected chi connectivity index (χ3v) is 3.57. The molecular formula is C17H18N2O5. The summed E-state index contributed by atoms with van der Waals surface area (Å²) in [5.74, 6) is -0.686. The van der Waals surface area contributed by atoms with Gasteiger partial charge in [0.2, 0.25) is 5.89 Å². The van der Waals surface area contributed by atoms with Crippen molar-refractivity contribution in [1.29, 1.82) is 0 Å². The molecule has 1 aromatic carbocycles. The lowest BCUT2D eigenvalue weighted by Crippen LogP contribution is -2.34. The summed E-state index contributed by atoms with van der Waals surface area (Å²) in [5, 5.41) is 2.68. The van der Waals surface area contributed by atoms with Crippen LogP contribution in [0.4, 0.5) is 0 Å². The number of aromatic nitrogens is 1. The van der Waals surface area contributed by atoms with Crippen molar-refractivity contribution in [2.45, 2.75) is 18.9 Å². The fourth-order valence-electron chi connectivity index (χ4n) is 2.37. The first-order valence-electron chi connectivity index (χ1n) is 7.79. The summed E-state index contributed by atoms with van der Waals surface area (Å²) in [4.78, 5) is 27.4. The fourth-order valence-corrected chi connectivity index (χ4v) is 2.37. The van der Waals surface area contributed by atoms with E-state index in [0.717, 1.165) is 19.4 Å². The maximum Gasteiger partial charge on any atom is 0.331 e. The van der Waals surface area contributed by atoms with Gasteiger partial charge in [-0.15, -0.1) is 0 Å². The average Bonchev–Trinajstić information content (AvgIpc) is 3.25. The lowest BCUT2D eigenvalue weighted by molar-refractivity contribution is -0.143. The second kappa shape index (κ2) is 7.74. The third kappa shape index (κ3) is 4.42. The molecule has 0 bridgehead atoms. The van der Waals surface area contributed by atoms with Crippen LogP contribution in [0.25, 0.3) is 17.2 Å². The molecule has 1 aromatic heterocycles. The Morgan fingerprint density at radius 2 is 2.25 bits per heavy atom. The number of hydrogen-bond acceptors (Lipinski definition) is 6. The molecule has 24 heavy (non-hydrogen) atoms. The van der Waals surface area contributed by atoms with E-state index in [9.17, 15) is 9.59 Å². The minimum Gasteiger partial charge on any atom is -0.452 e. The summed E-state index contributed by atoms with van der Waals surface area (Å²) in [6.45, 7) is 0.842. The lowest BCUT2D eigenvalue weighted by atomic mass is 10.2. The van der Waals surface area contributed by atoms with E-state index in [-0.39, 0.29) is 18.6 Å². The number of para-hydroxylation sites is 2. The summed E-state index contributed by atoms with van der Waals surface area (Å²) in [6, 6.07) is 7.29. The molecule has 1 amide bonds. The first-order chi connectivity index (χ1) is 11.7. The van der Waals surface area contributed by atoms with E-state index in [4.69, 9.17) is 13.9 Å². The van der Waals surface area contributed by atoms with Crippen molar-refractivity contribution in [1.82, 2.24) is 10.3 Å². The number of rotatable bonds is 6. The van der Waals surface area contributed by atoms with Gasteiger partial charge in [-0.3, -0.25) is 4.79 Å². The minimum atomic E-state index is -0.635. The van der Waals surface area contributed by atoms with E-state index < -0.39 is 5.97 Å². The van der Waals surface area contributed by atoms with Gasteiger partial charge in [0, 0.05) is 25.3 Å². The Kier molecular flexibility index (Phi) is 5.22. The van der Waals surface area contributed by atoms with E-state index in [1.54, 1.807) is 6.07 Å². The van der Waals surface area contributed by atoms with Crippen LogP contribution in [0.15, 0.2) is 34.8 Å². The molecule has 3 rings (SSSR count). The Bertz CT molecular complexity index is 713. The number of fused-ring (bicyclic) bond motifs is 1. The highest BCUT2D eigenvalue weighted by molar-refractivity contribution is 5.89. The number of esters is 1. The Labute approximate surface area is 138 Å². The van der Waals surface area contributed by atoms with Gasteiger partial charge < -0.3 is 19.2 Å². The molecule has 1 aliphatic heterocycles. The molecule has 126 valence electrons. The van der Waals surface area contributed by atoms with Gasteiger partial charge in [0.05, 0.1) is 6.10 Å². The number of ether oxygens (including phenoxy) is 2. The van der Waals surface area contributed by atoms with Crippen molar-refractivity contribution < 1.29 is 23.5 Å². The van der Waals surface area contributed by atoms with Crippen LogP contribution in [-0.2, 0) is 19.1 Å². The lowest BCUT2D eigenvalue weighted by Gasteiger charge is -2.10. The second-order valence-electron chi connectivity index (χ2n) is 5.40. The molecule has 1 fully saturated rings. The normalized spacial score (nSPS) is 17.4. The van der Waals surface area contributed by atoms with Crippen molar-refractivity contribution in [2.24, 2.45) is 0 Å². The predicted molar refractivity (Wildman–Crippen MR) is 86.0 cm³/mol. The largest absolute Gasteiger partial charge is 0.452 e. The fraction of sp³-hybridized carbons (Fsp3) is 0.353. The summed E-state index contributed by atoms with van der Waals surface area (Å²) in [5.41, 5.74) is 1.35. The van der Waals surface area contributed by atoms with Crippen molar-refractivity contribution in [3.63, 3.8) is 0 Å². The molecule has 0 radical (unpaired) electrons. The molecule has 0 unspecified atom stereocenters. The first kappa shape index (κ1) is 16.2. The molecule has 0 spiro atoms. The molecule has 1 aliphatic rings. The monoisotopic (exact) mass is 330 g/mol. The third-order valence-electron chi connectivity index (χ3n) is 3.57. The summed E-state index contributed by atoms with van der Waals surface area (Å²) >= 11 is 0. The van der Waals surface area contributed by atoms with Gasteiger partial charge in [-0.2, -0.15) is 0 Å². The summed E-state index contributed by atoms with van der Waals surface area (Å²) in [7, 11) is 0. The van der Waals surface area contributed by atoms with Crippen molar-refractivity contribution >= 4 is 29.1 Å². The molecule has 0 aliphatic carbocycles. The van der Waals surface area contributed by atoms with E-state index in [1.165, 1.54) is 12.2 Å². The minimum absolute atomic E-state index is 0.0590. The second-order valence-corrected chi connectivity index (χ2v) is 5.40. The number of benzene rings is 1. The molecule has 7 heteroatoms. The molecular weight excluding hydrogens is 312 g/mol. The van der Waals surface area contributed by atoms with E-state index in [0.29, 0.717) is 23.5 Å². The number of carbonyl (C=O) groups is 2. The quantitative estimate of drug-likeness (QED) is 0.640. The van der Waals surface area contributed by atoms with E-state index >= 15 is 0 Å². The number of carbonyl (C=O) groups excluding carboxylic acids is 2. The number of hydrogen-bond donors (Lipinski definition) is 1. The highest BCUT2D eigenvalue weighted by Gasteiger charge is 2.16. The zero-order chi connectivity index (χ0) is 16.8. The SMILES string of the molecule is O=C(COC(=O)/C=C/c1nc2ccccc2o1)NC[C@H]1CCCO1. The van der Waals surface area contributed by atoms with Gasteiger partial charge in [0.1, 0.15) is 5.52 Å². The van der Waals surface area contributed by atoms with Gasteiger partial charge in [-0.1, -0.05) is 12.1 Å². The van der Waals surface area contributed by atoms with Crippen molar-refractivity contribution in [3.05, 3.63) is 36.2 Å². The number of nitrogens with zero attached hydrogens (tertiary/aromatic N) is 1. The Morgan fingerprint density at radius 3 is 3.04 bits per heavy atom. The van der Waals surface area contributed by atoms with Crippen LogP contribution in [0.1, 0.15) is 18.7 Å². The van der Waals surface area contributed by atoms with Gasteiger partial charge >= 0.3 is 5.97 Å². The van der Waals surface area contributed by atoms with Gasteiger partial charge in [-0.05, 0) is 25.0 Å². The molecule has 7 nitrogen and oxygen atoms in total. The van der Waals surface area contributed by atoms with Crippen LogP contribution in [0, 0.1) is 0 Å². The van der Waals surface area contributed by atoms with E-state index in [1.807, 2.05) is 18.2 Å². The van der Waals surface area contributed by atoms with Crippen LogP contribution >= 0.6 is 0 Å². The zero-order valence-electron chi connectivity index (χ0n) is 13.1. The average molecular weight is 330 g/mol. The zero-order valence-corrected chi connectivity index (χ0v) is 13.1. The van der Waals surface area contributed by atoms with Crippen LogP contribution < -0.4 is 5.32 Å². The van der Waals surface area contributed by atoms with E-state index in [2.05, 4.69) is 10.3 Å². The topological polar surface area (TPSA) is 90.7 Å². The highest BCUT2D eigenvalue weighted by Crippen LogP contribution is 2.15. The molecule has 0 saturated carbocycles. The summed E-state index contributed by atoms with van der Waals surface area (Å²) < 4.78 is 15.7. The number of amides is 1. The summed E-state index contributed by atoms with van der Waals surface area (Å²) in [6.07, 6.45) is 4.59. The van der Waals surface area contributed by atoms with Crippen LogP contribution in [0.5, 0.6) is 0 Å². The molecule has 1 N–H and O–H groups in total. The smallest absolute Gasteiger partial charge is 0.331 e. The maximum atomic E-state index is 11.6.